The Kier molecular flexibility index (Phi) is 5.65. The van der Waals surface area contributed by atoms with E-state index in [1.807, 2.05) is 44.0 Å². The Morgan fingerprint density at radius 1 is 1.12 bits per heavy atom. The summed E-state index contributed by atoms with van der Waals surface area (Å²) in [5, 5.41) is 13.6. The number of nitro benzene ring substituents is 1. The lowest BCUT2D eigenvalue weighted by Crippen LogP contribution is -2.30. The van der Waals surface area contributed by atoms with Gasteiger partial charge in [-0.25, -0.2) is 0 Å². The molecule has 2 aromatic carbocycles. The molecule has 6 nitrogen and oxygen atoms in total. The quantitative estimate of drug-likeness (QED) is 0.652. The van der Waals surface area contributed by atoms with Crippen molar-refractivity contribution in [1.82, 2.24) is 4.90 Å². The summed E-state index contributed by atoms with van der Waals surface area (Å²) in [7, 11) is 1.84. The molecular formula is C18H21N3O3. The second-order valence-electron chi connectivity index (χ2n) is 5.91. The summed E-state index contributed by atoms with van der Waals surface area (Å²) in [6.45, 7) is 4.70. The summed E-state index contributed by atoms with van der Waals surface area (Å²) in [6.07, 6.45) is 0. The monoisotopic (exact) mass is 327 g/mol. The second-order valence-corrected chi connectivity index (χ2v) is 5.91. The minimum atomic E-state index is -0.425. The van der Waals surface area contributed by atoms with Gasteiger partial charge in [-0.15, -0.1) is 0 Å². The van der Waals surface area contributed by atoms with E-state index < -0.39 is 4.92 Å². The summed E-state index contributed by atoms with van der Waals surface area (Å²) in [5.41, 5.74) is 3.89. The molecule has 0 unspecified atom stereocenters. The van der Waals surface area contributed by atoms with Crippen LogP contribution in [-0.2, 0) is 11.3 Å². The van der Waals surface area contributed by atoms with Gasteiger partial charge in [0.25, 0.3) is 5.69 Å². The third-order valence-corrected chi connectivity index (χ3v) is 3.76. The van der Waals surface area contributed by atoms with Gasteiger partial charge in [0.15, 0.2) is 0 Å². The lowest BCUT2D eigenvalue weighted by atomic mass is 10.1. The molecule has 6 heteroatoms. The highest BCUT2D eigenvalue weighted by atomic mass is 16.6. The number of non-ortho nitro benzene ring substituents is 1. The number of amides is 1. The lowest BCUT2D eigenvalue weighted by Gasteiger charge is -2.17. The average Bonchev–Trinajstić information content (AvgIpc) is 2.51. The minimum Gasteiger partial charge on any atom is -0.324 e. The predicted octanol–water partition coefficient (Wildman–Crippen LogP) is 3.28. The highest BCUT2D eigenvalue weighted by molar-refractivity contribution is 5.93. The van der Waals surface area contributed by atoms with Crippen LogP contribution in [0.2, 0.25) is 0 Å². The molecule has 0 spiro atoms. The second kappa shape index (κ2) is 7.70. The fourth-order valence-electron chi connectivity index (χ4n) is 2.53. The first-order chi connectivity index (χ1) is 11.4. The van der Waals surface area contributed by atoms with Gasteiger partial charge in [0, 0.05) is 24.4 Å². The third-order valence-electron chi connectivity index (χ3n) is 3.76. The van der Waals surface area contributed by atoms with E-state index in [0.29, 0.717) is 6.54 Å². The van der Waals surface area contributed by atoms with Crippen LogP contribution in [0.5, 0.6) is 0 Å². The molecule has 2 rings (SSSR count). The number of benzene rings is 2. The van der Waals surface area contributed by atoms with Crippen molar-refractivity contribution in [2.75, 3.05) is 18.9 Å². The van der Waals surface area contributed by atoms with Crippen LogP contribution >= 0.6 is 0 Å². The van der Waals surface area contributed by atoms with Crippen molar-refractivity contribution in [2.24, 2.45) is 0 Å². The van der Waals surface area contributed by atoms with E-state index in [9.17, 15) is 14.9 Å². The van der Waals surface area contributed by atoms with Gasteiger partial charge in [-0.3, -0.25) is 19.8 Å². The van der Waals surface area contributed by atoms with Crippen molar-refractivity contribution < 1.29 is 9.72 Å². The minimum absolute atomic E-state index is 0.0641. The van der Waals surface area contributed by atoms with Gasteiger partial charge >= 0.3 is 0 Å². The molecule has 1 N–H and O–H groups in total. The molecule has 126 valence electrons. The lowest BCUT2D eigenvalue weighted by molar-refractivity contribution is -0.384. The van der Waals surface area contributed by atoms with Crippen LogP contribution in [0, 0.1) is 24.0 Å². The number of nitrogens with one attached hydrogen (secondary N) is 1. The molecule has 0 aliphatic carbocycles. The van der Waals surface area contributed by atoms with E-state index in [1.165, 1.54) is 12.1 Å². The molecule has 0 bridgehead atoms. The van der Waals surface area contributed by atoms with E-state index >= 15 is 0 Å². The summed E-state index contributed by atoms with van der Waals surface area (Å²) in [6, 6.07) is 12.2. The number of nitrogens with zero attached hydrogens (tertiary/aromatic N) is 2. The molecular weight excluding hydrogens is 306 g/mol. The SMILES string of the molecule is Cc1cccc(C)c1NC(=O)CN(C)Cc1ccc([N+](=O)[O-])cc1. The van der Waals surface area contributed by atoms with Crippen LogP contribution in [0.25, 0.3) is 0 Å². The standard InChI is InChI=1S/C18H21N3O3/c1-13-5-4-6-14(2)18(13)19-17(22)12-20(3)11-15-7-9-16(10-8-15)21(23)24/h4-10H,11-12H2,1-3H3,(H,19,22). The first-order valence-electron chi connectivity index (χ1n) is 7.65. The fraction of sp³-hybridized carbons (Fsp3) is 0.278. The van der Waals surface area contributed by atoms with Crippen LogP contribution in [0.15, 0.2) is 42.5 Å². The number of para-hydroxylation sites is 1. The number of carbonyl (C=O) groups excluding carboxylic acids is 1. The molecule has 0 radical (unpaired) electrons. The molecule has 2 aromatic rings. The largest absolute Gasteiger partial charge is 0.324 e. The first-order valence-corrected chi connectivity index (χ1v) is 7.65. The molecule has 0 saturated carbocycles. The number of aryl methyl sites for hydroxylation is 2. The Bertz CT molecular complexity index is 721. The van der Waals surface area contributed by atoms with Gasteiger partial charge in [0.05, 0.1) is 11.5 Å². The Morgan fingerprint density at radius 2 is 1.71 bits per heavy atom. The molecule has 0 aliphatic rings. The molecule has 24 heavy (non-hydrogen) atoms. The summed E-state index contributed by atoms with van der Waals surface area (Å²) in [5.74, 6) is -0.0863. The fourth-order valence-corrected chi connectivity index (χ4v) is 2.53. The number of carbonyl (C=O) groups is 1. The number of likely N-dealkylation sites (N-methyl/N-ethyl adjacent to an activating group) is 1. The average molecular weight is 327 g/mol. The van der Waals surface area contributed by atoms with Crippen LogP contribution in [0.3, 0.4) is 0 Å². The van der Waals surface area contributed by atoms with Crippen molar-refractivity contribution in [2.45, 2.75) is 20.4 Å². The van der Waals surface area contributed by atoms with E-state index in [0.717, 1.165) is 22.4 Å². The highest BCUT2D eigenvalue weighted by Crippen LogP contribution is 2.19. The Hall–Kier alpha value is -2.73. The van der Waals surface area contributed by atoms with Crippen LogP contribution < -0.4 is 5.32 Å². The van der Waals surface area contributed by atoms with Gasteiger partial charge in [-0.2, -0.15) is 0 Å². The first kappa shape index (κ1) is 17.6. The molecule has 0 atom stereocenters. The summed E-state index contributed by atoms with van der Waals surface area (Å²) < 4.78 is 0. The maximum Gasteiger partial charge on any atom is 0.269 e. The maximum atomic E-state index is 12.2. The number of nitro groups is 1. The van der Waals surface area contributed by atoms with Crippen molar-refractivity contribution in [1.29, 1.82) is 0 Å². The summed E-state index contributed by atoms with van der Waals surface area (Å²) >= 11 is 0. The Morgan fingerprint density at radius 3 is 2.25 bits per heavy atom. The highest BCUT2D eigenvalue weighted by Gasteiger charge is 2.11. The number of hydrogen-bond acceptors (Lipinski definition) is 4. The van der Waals surface area contributed by atoms with Crippen LogP contribution in [0.1, 0.15) is 16.7 Å². The van der Waals surface area contributed by atoms with Crippen molar-refractivity contribution in [3.8, 4) is 0 Å². The smallest absolute Gasteiger partial charge is 0.269 e. The van der Waals surface area contributed by atoms with Crippen LogP contribution in [-0.4, -0.2) is 29.3 Å². The number of rotatable bonds is 6. The van der Waals surface area contributed by atoms with Gasteiger partial charge in [0.1, 0.15) is 0 Å². The zero-order chi connectivity index (χ0) is 17.7. The summed E-state index contributed by atoms with van der Waals surface area (Å²) in [4.78, 5) is 24.3. The van der Waals surface area contributed by atoms with Gasteiger partial charge in [0.2, 0.25) is 5.91 Å². The molecule has 0 heterocycles. The number of hydrogen-bond donors (Lipinski definition) is 1. The van der Waals surface area contributed by atoms with E-state index in [4.69, 9.17) is 0 Å². The predicted molar refractivity (Wildman–Crippen MR) is 94.0 cm³/mol. The topological polar surface area (TPSA) is 75.5 Å². The van der Waals surface area contributed by atoms with Crippen molar-refractivity contribution in [3.63, 3.8) is 0 Å². The number of anilines is 1. The van der Waals surface area contributed by atoms with Gasteiger partial charge < -0.3 is 5.32 Å². The van der Waals surface area contributed by atoms with Crippen LogP contribution in [0.4, 0.5) is 11.4 Å². The Balaban J connectivity index is 1.93. The molecule has 0 saturated heterocycles. The van der Waals surface area contributed by atoms with Crippen molar-refractivity contribution in [3.05, 3.63) is 69.3 Å². The van der Waals surface area contributed by atoms with E-state index in [2.05, 4.69) is 5.32 Å². The molecule has 0 aromatic heterocycles. The van der Waals surface area contributed by atoms with E-state index in [1.54, 1.807) is 12.1 Å². The van der Waals surface area contributed by atoms with Crippen molar-refractivity contribution >= 4 is 17.3 Å². The van der Waals surface area contributed by atoms with Gasteiger partial charge in [-0.1, -0.05) is 30.3 Å². The van der Waals surface area contributed by atoms with E-state index in [-0.39, 0.29) is 18.1 Å². The molecule has 0 fully saturated rings. The van der Waals surface area contributed by atoms with Gasteiger partial charge in [-0.05, 0) is 37.6 Å². The maximum absolute atomic E-state index is 12.2. The zero-order valence-corrected chi connectivity index (χ0v) is 14.1. The zero-order valence-electron chi connectivity index (χ0n) is 14.1. The molecule has 0 aliphatic heterocycles. The Labute approximate surface area is 141 Å². The third kappa shape index (κ3) is 4.63. The molecule has 1 amide bonds. The normalized spacial score (nSPS) is 10.7.